The van der Waals surface area contributed by atoms with E-state index >= 15 is 0 Å². The van der Waals surface area contributed by atoms with Gasteiger partial charge in [0.05, 0.1) is 25.9 Å². The van der Waals surface area contributed by atoms with Crippen LogP contribution in [-0.2, 0) is 0 Å². The van der Waals surface area contributed by atoms with Gasteiger partial charge in [0.15, 0.2) is 0 Å². The third-order valence-electron chi connectivity index (χ3n) is 6.98. The van der Waals surface area contributed by atoms with Gasteiger partial charge in [0.1, 0.15) is 5.75 Å². The van der Waals surface area contributed by atoms with Gasteiger partial charge in [0.2, 0.25) is 0 Å². The molecule has 2 aromatic carbocycles. The summed E-state index contributed by atoms with van der Waals surface area (Å²) in [5.74, 6) is 3.51. The number of carbonyl (C=O) groups is 1. The molecule has 8 nitrogen and oxygen atoms in total. The summed E-state index contributed by atoms with van der Waals surface area (Å²) in [6.45, 7) is 1.63. The van der Waals surface area contributed by atoms with E-state index in [2.05, 4.69) is 33.2 Å². The summed E-state index contributed by atoms with van der Waals surface area (Å²) in [4.78, 5) is 19.2. The highest BCUT2D eigenvalue weighted by atomic mass is 16.5. The Morgan fingerprint density at radius 1 is 1.09 bits per heavy atom. The fourth-order valence-corrected chi connectivity index (χ4v) is 5.17. The first-order valence-electron chi connectivity index (χ1n) is 11.8. The average molecular weight is 479 g/mol. The van der Waals surface area contributed by atoms with Crippen molar-refractivity contribution in [2.45, 2.75) is 30.2 Å². The Bertz CT molecular complexity index is 1050. The molecule has 3 N–H and O–H groups in total. The fraction of sp³-hybridized carbons (Fsp3) is 0.444. The highest BCUT2D eigenvalue weighted by Crippen LogP contribution is 2.42. The molecule has 2 fully saturated rings. The molecule has 0 aliphatic carbocycles. The monoisotopic (exact) mass is 478 g/mol. The van der Waals surface area contributed by atoms with E-state index in [4.69, 9.17) is 11.2 Å². The molecular weight excluding hydrogens is 444 g/mol. The Morgan fingerprint density at radius 3 is 2.34 bits per heavy atom. The predicted octanol–water partition coefficient (Wildman–Crippen LogP) is 1.64. The Balaban J connectivity index is 1.59. The van der Waals surface area contributed by atoms with Crippen molar-refractivity contribution < 1.29 is 19.7 Å². The molecule has 8 heteroatoms. The Kier molecular flexibility index (Phi) is 7.63. The smallest absolute Gasteiger partial charge is 0.321 e. The number of terminal acetylenes is 1. The number of aliphatic hydroxyl groups excluding tert-OH is 2. The number of rotatable bonds is 5. The van der Waals surface area contributed by atoms with E-state index in [-0.39, 0.29) is 30.6 Å². The molecule has 0 radical (unpaired) electrons. The summed E-state index contributed by atoms with van der Waals surface area (Å²) in [7, 11) is 5.64. The van der Waals surface area contributed by atoms with Crippen LogP contribution >= 0.6 is 0 Å². The summed E-state index contributed by atoms with van der Waals surface area (Å²) in [6, 6.07) is 14.9. The van der Waals surface area contributed by atoms with Crippen LogP contribution in [0.2, 0.25) is 0 Å². The van der Waals surface area contributed by atoms with Gasteiger partial charge in [-0.15, -0.1) is 6.42 Å². The number of urea groups is 1. The van der Waals surface area contributed by atoms with Gasteiger partial charge >= 0.3 is 6.03 Å². The second-order valence-electron chi connectivity index (χ2n) is 9.58. The molecule has 2 heterocycles. The van der Waals surface area contributed by atoms with Crippen LogP contribution in [0.3, 0.4) is 0 Å². The van der Waals surface area contributed by atoms with E-state index in [1.54, 1.807) is 36.3 Å². The number of nitrogens with one attached hydrogen (secondary N) is 1. The molecule has 35 heavy (non-hydrogen) atoms. The maximum Gasteiger partial charge on any atom is 0.321 e. The highest BCUT2D eigenvalue weighted by molar-refractivity contribution is 5.89. The zero-order chi connectivity index (χ0) is 25.1. The van der Waals surface area contributed by atoms with Gasteiger partial charge in [0, 0.05) is 48.9 Å². The maximum atomic E-state index is 13.2. The van der Waals surface area contributed by atoms with Crippen LogP contribution in [0.15, 0.2) is 48.5 Å². The number of nitrogens with zero attached hydrogens (tertiary/aromatic N) is 3. The lowest BCUT2D eigenvalue weighted by molar-refractivity contribution is -0.105. The molecule has 5 atom stereocenters. The lowest BCUT2D eigenvalue weighted by Gasteiger charge is -2.59. The lowest BCUT2D eigenvalue weighted by atomic mass is 9.73. The first-order chi connectivity index (χ1) is 16.8. The van der Waals surface area contributed by atoms with Crippen LogP contribution in [-0.4, -0.2) is 103 Å². The molecule has 2 aliphatic rings. The summed E-state index contributed by atoms with van der Waals surface area (Å²) in [5.41, 5.74) is 2.61. The van der Waals surface area contributed by atoms with Crippen LogP contribution in [0.5, 0.6) is 5.75 Å². The molecule has 0 bridgehead atoms. The summed E-state index contributed by atoms with van der Waals surface area (Å²) >= 11 is 0. The number of benzene rings is 2. The summed E-state index contributed by atoms with van der Waals surface area (Å²) < 4.78 is 5.18. The highest BCUT2D eigenvalue weighted by Gasteiger charge is 2.51. The minimum atomic E-state index is -1.04. The molecule has 2 amide bonds. The van der Waals surface area contributed by atoms with Crippen LogP contribution in [0.25, 0.3) is 0 Å². The van der Waals surface area contributed by atoms with Crippen molar-refractivity contribution in [3.63, 3.8) is 0 Å². The van der Waals surface area contributed by atoms with Crippen LogP contribution in [0, 0.1) is 12.3 Å². The maximum absolute atomic E-state index is 13.2. The average Bonchev–Trinajstić information content (AvgIpc) is 2.85. The van der Waals surface area contributed by atoms with Gasteiger partial charge in [-0.2, -0.15) is 0 Å². The molecule has 2 saturated heterocycles. The molecule has 0 aromatic heterocycles. The van der Waals surface area contributed by atoms with Gasteiger partial charge in [-0.25, -0.2) is 4.79 Å². The lowest BCUT2D eigenvalue weighted by Crippen LogP contribution is -2.71. The minimum absolute atomic E-state index is 0.000373. The van der Waals surface area contributed by atoms with E-state index < -0.39 is 12.2 Å². The van der Waals surface area contributed by atoms with Gasteiger partial charge in [-0.1, -0.05) is 18.1 Å². The van der Waals surface area contributed by atoms with Crippen molar-refractivity contribution in [3.05, 3.63) is 59.7 Å². The fourth-order valence-electron chi connectivity index (χ4n) is 5.17. The van der Waals surface area contributed by atoms with Gasteiger partial charge in [-0.3, -0.25) is 4.90 Å². The largest absolute Gasteiger partial charge is 0.497 e. The van der Waals surface area contributed by atoms with Gasteiger partial charge in [0.25, 0.3) is 0 Å². The summed E-state index contributed by atoms with van der Waals surface area (Å²) in [6.07, 6.45) is 3.55. The second-order valence-corrected chi connectivity index (χ2v) is 9.58. The molecule has 0 unspecified atom stereocenters. The SMILES string of the molecule is C#Cc1ccc([C@H]2[C@@H](CN(C)C)N3C[C@H](O)[C@H](O)CN(C(=O)Nc4ccc(OC)cc4)C[C@@H]23)cc1. The van der Waals surface area contributed by atoms with Crippen molar-refractivity contribution in [2.24, 2.45) is 0 Å². The van der Waals surface area contributed by atoms with Crippen molar-refractivity contribution in [3.8, 4) is 18.1 Å². The zero-order valence-corrected chi connectivity index (χ0v) is 20.5. The number of hydrogen-bond acceptors (Lipinski definition) is 6. The first kappa shape index (κ1) is 25.0. The zero-order valence-electron chi connectivity index (χ0n) is 20.5. The van der Waals surface area contributed by atoms with Crippen LogP contribution < -0.4 is 10.1 Å². The number of fused-ring (bicyclic) bond motifs is 1. The van der Waals surface area contributed by atoms with Gasteiger partial charge in [-0.05, 0) is 56.1 Å². The van der Waals surface area contributed by atoms with E-state index in [0.29, 0.717) is 24.5 Å². The molecule has 2 aromatic rings. The van der Waals surface area contributed by atoms with E-state index in [9.17, 15) is 15.0 Å². The summed E-state index contributed by atoms with van der Waals surface area (Å²) in [5, 5.41) is 24.3. The van der Waals surface area contributed by atoms with Crippen LogP contribution in [0.4, 0.5) is 10.5 Å². The number of anilines is 1. The molecule has 4 rings (SSSR count). The Morgan fingerprint density at radius 2 is 1.74 bits per heavy atom. The Hall–Kier alpha value is -3.09. The third-order valence-corrected chi connectivity index (χ3v) is 6.98. The number of aliphatic hydroxyl groups is 2. The minimum Gasteiger partial charge on any atom is -0.497 e. The van der Waals surface area contributed by atoms with E-state index in [1.807, 2.05) is 26.2 Å². The number of hydrogen-bond donors (Lipinski definition) is 3. The number of ether oxygens (including phenoxy) is 1. The van der Waals surface area contributed by atoms with Crippen molar-refractivity contribution in [1.82, 2.24) is 14.7 Å². The molecular formula is C27H34N4O4. The predicted molar refractivity (Wildman–Crippen MR) is 136 cm³/mol. The number of β-amino-alcohol motifs (C(OH)–C–C–N with tert-alkyl or cyclic N) is 1. The number of likely N-dealkylation sites (N-methyl/N-ethyl adjacent to an activating group) is 1. The standard InChI is InChI=1S/C27H34N4O4/c1-5-18-6-8-19(9-7-18)26-22(14-29(2)3)31-17-25(33)24(32)16-30(15-23(26)31)27(34)28-20-10-12-21(35-4)13-11-20/h1,6-13,22-26,32-33H,14-17H2,2-4H3,(H,28,34)/t22-,23+,24-,25+,26+/m1/s1. The normalized spacial score (nSPS) is 26.7. The van der Waals surface area contributed by atoms with Gasteiger partial charge < -0.3 is 30.1 Å². The van der Waals surface area contributed by atoms with Crippen molar-refractivity contribution in [1.29, 1.82) is 0 Å². The molecule has 186 valence electrons. The molecule has 0 spiro atoms. The second kappa shape index (κ2) is 10.7. The van der Waals surface area contributed by atoms with Crippen molar-refractivity contribution >= 4 is 11.7 Å². The third kappa shape index (κ3) is 5.44. The quantitative estimate of drug-likeness (QED) is 0.567. The topological polar surface area (TPSA) is 88.5 Å². The first-order valence-corrected chi connectivity index (χ1v) is 11.8. The number of methoxy groups -OCH3 is 1. The van der Waals surface area contributed by atoms with Crippen molar-refractivity contribution in [2.75, 3.05) is 52.7 Å². The number of carbonyl (C=O) groups excluding carboxylic acids is 1. The molecule has 0 saturated carbocycles. The Labute approximate surface area is 207 Å². The van der Waals surface area contributed by atoms with E-state index in [1.165, 1.54) is 0 Å². The number of amides is 2. The molecule has 2 aliphatic heterocycles. The van der Waals surface area contributed by atoms with Crippen LogP contribution in [0.1, 0.15) is 17.0 Å². The van der Waals surface area contributed by atoms with E-state index in [0.717, 1.165) is 17.7 Å².